The molecule has 0 radical (unpaired) electrons. The first-order chi connectivity index (χ1) is 15.6. The molecular formula is C25H34N4O3. The van der Waals surface area contributed by atoms with Crippen LogP contribution in [0, 0.1) is 0 Å². The monoisotopic (exact) mass is 438 g/mol. The van der Waals surface area contributed by atoms with E-state index in [2.05, 4.69) is 33.7 Å². The molecule has 7 heteroatoms. The van der Waals surface area contributed by atoms with Gasteiger partial charge in [-0.05, 0) is 56.2 Å². The van der Waals surface area contributed by atoms with Crippen molar-refractivity contribution >= 4 is 17.7 Å². The van der Waals surface area contributed by atoms with Crippen LogP contribution in [-0.4, -0.2) is 67.7 Å². The second kappa shape index (κ2) is 11.6. The Morgan fingerprint density at radius 3 is 2.34 bits per heavy atom. The molecule has 1 aliphatic heterocycles. The lowest BCUT2D eigenvalue weighted by Gasteiger charge is -2.36. The van der Waals surface area contributed by atoms with Crippen LogP contribution in [0.25, 0.3) is 0 Å². The van der Waals surface area contributed by atoms with Crippen LogP contribution in [0.15, 0.2) is 48.5 Å². The highest BCUT2D eigenvalue weighted by Gasteiger charge is 2.25. The molecule has 0 aliphatic carbocycles. The van der Waals surface area contributed by atoms with Crippen molar-refractivity contribution in [2.45, 2.75) is 26.8 Å². The zero-order valence-corrected chi connectivity index (χ0v) is 19.3. The molecule has 2 aromatic carbocycles. The minimum Gasteiger partial charge on any atom is -0.450 e. The molecule has 1 atom stereocenters. The fraction of sp³-hybridized carbons (Fsp3) is 0.440. The number of hydrogen-bond acceptors (Lipinski definition) is 5. The van der Waals surface area contributed by atoms with Gasteiger partial charge in [-0.3, -0.25) is 15.0 Å². The van der Waals surface area contributed by atoms with Crippen LogP contribution in [0.3, 0.4) is 0 Å². The van der Waals surface area contributed by atoms with Crippen molar-refractivity contribution in [1.82, 2.24) is 15.1 Å². The molecule has 0 bridgehead atoms. The second-order valence-corrected chi connectivity index (χ2v) is 7.76. The molecule has 0 saturated carbocycles. The van der Waals surface area contributed by atoms with Crippen LogP contribution in [-0.2, 0) is 4.74 Å². The average Bonchev–Trinajstić information content (AvgIpc) is 2.81. The molecule has 1 heterocycles. The van der Waals surface area contributed by atoms with E-state index >= 15 is 0 Å². The van der Waals surface area contributed by atoms with Crippen LogP contribution in [0.1, 0.15) is 48.3 Å². The summed E-state index contributed by atoms with van der Waals surface area (Å²) in [6.45, 7) is 11.2. The summed E-state index contributed by atoms with van der Waals surface area (Å²) >= 11 is 0. The Balaban J connectivity index is 1.90. The fourth-order valence-corrected chi connectivity index (χ4v) is 4.13. The predicted molar refractivity (Wildman–Crippen MR) is 127 cm³/mol. The summed E-state index contributed by atoms with van der Waals surface area (Å²) in [6.07, 6.45) is -0.456. The molecule has 1 unspecified atom stereocenters. The summed E-state index contributed by atoms with van der Waals surface area (Å²) < 4.78 is 5.02. The quantitative estimate of drug-likeness (QED) is 0.657. The molecular weight excluding hydrogens is 404 g/mol. The van der Waals surface area contributed by atoms with Gasteiger partial charge < -0.3 is 15.0 Å². The van der Waals surface area contributed by atoms with Gasteiger partial charge in [0.25, 0.3) is 5.91 Å². The highest BCUT2D eigenvalue weighted by molar-refractivity contribution is 5.94. The highest BCUT2D eigenvalue weighted by atomic mass is 16.5. The normalized spacial score (nSPS) is 15.1. The number of benzene rings is 2. The molecule has 0 spiro atoms. The van der Waals surface area contributed by atoms with E-state index in [0.717, 1.165) is 37.3 Å². The predicted octanol–water partition coefficient (Wildman–Crippen LogP) is 3.73. The third kappa shape index (κ3) is 5.87. The van der Waals surface area contributed by atoms with Crippen LogP contribution in [0.4, 0.5) is 10.5 Å². The lowest BCUT2D eigenvalue weighted by molar-refractivity contribution is 0.0773. The first-order valence-corrected chi connectivity index (χ1v) is 11.4. The first kappa shape index (κ1) is 23.8. The number of rotatable bonds is 8. The van der Waals surface area contributed by atoms with Gasteiger partial charge in [-0.15, -0.1) is 0 Å². The van der Waals surface area contributed by atoms with E-state index in [1.807, 2.05) is 49.1 Å². The van der Waals surface area contributed by atoms with Crippen molar-refractivity contribution in [3.05, 3.63) is 65.2 Å². The number of amides is 2. The standard InChI is InChI=1S/C25H34N4O3/c1-4-28(5-2)24(30)20-12-10-19(11-13-20)23(29-16-14-26-15-17-29)21-8-7-9-22(18-21)27-25(31)32-6-3/h7-13,18,23,26H,4-6,14-17H2,1-3H3,(H,27,31). The van der Waals surface area contributed by atoms with Crippen molar-refractivity contribution < 1.29 is 14.3 Å². The summed E-state index contributed by atoms with van der Waals surface area (Å²) in [5.41, 5.74) is 3.61. The van der Waals surface area contributed by atoms with Crippen molar-refractivity contribution in [2.24, 2.45) is 0 Å². The number of hydrogen-bond donors (Lipinski definition) is 2. The third-order valence-electron chi connectivity index (χ3n) is 5.76. The molecule has 1 aliphatic rings. The molecule has 2 amide bonds. The van der Waals surface area contributed by atoms with Crippen LogP contribution in [0.5, 0.6) is 0 Å². The fourth-order valence-electron chi connectivity index (χ4n) is 4.13. The number of anilines is 1. The lowest BCUT2D eigenvalue weighted by Crippen LogP contribution is -2.45. The maximum atomic E-state index is 12.7. The topological polar surface area (TPSA) is 73.9 Å². The van der Waals surface area contributed by atoms with Gasteiger partial charge in [0.2, 0.25) is 0 Å². The molecule has 172 valence electrons. The smallest absolute Gasteiger partial charge is 0.411 e. The summed E-state index contributed by atoms with van der Waals surface area (Å²) in [5.74, 6) is 0.0564. The molecule has 1 fully saturated rings. The number of carbonyl (C=O) groups excluding carboxylic acids is 2. The molecule has 3 rings (SSSR count). The molecule has 7 nitrogen and oxygen atoms in total. The Labute approximate surface area is 190 Å². The number of nitrogens with one attached hydrogen (secondary N) is 2. The van der Waals surface area contributed by atoms with E-state index in [0.29, 0.717) is 30.9 Å². The Morgan fingerprint density at radius 1 is 1.03 bits per heavy atom. The lowest BCUT2D eigenvalue weighted by atomic mass is 9.95. The van der Waals surface area contributed by atoms with Gasteiger partial charge in [0.15, 0.2) is 0 Å². The van der Waals surface area contributed by atoms with Gasteiger partial charge in [0, 0.05) is 50.5 Å². The van der Waals surface area contributed by atoms with Crippen LogP contribution >= 0.6 is 0 Å². The zero-order chi connectivity index (χ0) is 22.9. The minimum atomic E-state index is -0.456. The van der Waals surface area contributed by atoms with Gasteiger partial charge in [0.1, 0.15) is 0 Å². The maximum absolute atomic E-state index is 12.7. The minimum absolute atomic E-state index is 0.0265. The molecule has 1 saturated heterocycles. The van der Waals surface area contributed by atoms with Crippen LogP contribution < -0.4 is 10.6 Å². The van der Waals surface area contributed by atoms with E-state index in [4.69, 9.17) is 4.74 Å². The Morgan fingerprint density at radius 2 is 1.72 bits per heavy atom. The Kier molecular flexibility index (Phi) is 8.64. The van der Waals surface area contributed by atoms with E-state index in [-0.39, 0.29) is 11.9 Å². The summed E-state index contributed by atoms with van der Waals surface area (Å²) in [7, 11) is 0. The largest absolute Gasteiger partial charge is 0.450 e. The van der Waals surface area contributed by atoms with Crippen molar-refractivity contribution in [2.75, 3.05) is 51.2 Å². The number of piperazine rings is 1. The maximum Gasteiger partial charge on any atom is 0.411 e. The SMILES string of the molecule is CCOC(=O)Nc1cccc(C(c2ccc(C(=O)N(CC)CC)cc2)N2CCNCC2)c1. The summed E-state index contributed by atoms with van der Waals surface area (Å²) in [6, 6.07) is 15.9. The third-order valence-corrected chi connectivity index (χ3v) is 5.76. The van der Waals surface area contributed by atoms with E-state index in [9.17, 15) is 9.59 Å². The van der Waals surface area contributed by atoms with Gasteiger partial charge in [-0.1, -0.05) is 24.3 Å². The van der Waals surface area contributed by atoms with Crippen LogP contribution in [0.2, 0.25) is 0 Å². The number of carbonyl (C=O) groups is 2. The molecule has 2 N–H and O–H groups in total. The van der Waals surface area contributed by atoms with Crippen molar-refractivity contribution in [3.8, 4) is 0 Å². The Bertz CT molecular complexity index is 890. The second-order valence-electron chi connectivity index (χ2n) is 7.76. The van der Waals surface area contributed by atoms with Gasteiger partial charge in [-0.2, -0.15) is 0 Å². The summed E-state index contributed by atoms with van der Waals surface area (Å²) in [4.78, 5) is 28.9. The van der Waals surface area contributed by atoms with E-state index in [1.165, 1.54) is 0 Å². The zero-order valence-electron chi connectivity index (χ0n) is 19.3. The van der Waals surface area contributed by atoms with Crippen molar-refractivity contribution in [3.63, 3.8) is 0 Å². The molecule has 2 aromatic rings. The number of nitrogens with zero attached hydrogens (tertiary/aromatic N) is 2. The van der Waals surface area contributed by atoms with Crippen molar-refractivity contribution in [1.29, 1.82) is 0 Å². The summed E-state index contributed by atoms with van der Waals surface area (Å²) in [5, 5.41) is 6.21. The highest BCUT2D eigenvalue weighted by Crippen LogP contribution is 2.31. The average molecular weight is 439 g/mol. The Hall–Kier alpha value is -2.90. The van der Waals surface area contributed by atoms with E-state index in [1.54, 1.807) is 6.92 Å². The molecule has 0 aromatic heterocycles. The van der Waals surface area contributed by atoms with E-state index < -0.39 is 6.09 Å². The van der Waals surface area contributed by atoms with Gasteiger partial charge in [-0.25, -0.2) is 4.79 Å². The van der Waals surface area contributed by atoms with Gasteiger partial charge >= 0.3 is 6.09 Å². The number of ether oxygens (including phenoxy) is 1. The molecule has 32 heavy (non-hydrogen) atoms. The first-order valence-electron chi connectivity index (χ1n) is 11.4. The van der Waals surface area contributed by atoms with Gasteiger partial charge in [0.05, 0.1) is 12.6 Å².